The molecular weight excluding hydrogens is 228 g/mol. The first-order valence-electron chi connectivity index (χ1n) is 8.21. The largest absolute Gasteiger partial charge is 0.0651 e. The highest BCUT2D eigenvalue weighted by Crippen LogP contribution is 2.68. The van der Waals surface area contributed by atoms with Gasteiger partial charge in [0, 0.05) is 0 Å². The van der Waals surface area contributed by atoms with Gasteiger partial charge in [0.25, 0.3) is 0 Å². The second-order valence-electron chi connectivity index (χ2n) is 8.00. The summed E-state index contributed by atoms with van der Waals surface area (Å²) in [4.78, 5) is 0. The molecule has 4 saturated carbocycles. The Morgan fingerprint density at radius 2 is 1.89 bits per heavy atom. The second kappa shape index (κ2) is 3.87. The zero-order valence-corrected chi connectivity index (χ0v) is 12.4. The lowest BCUT2D eigenvalue weighted by Gasteiger charge is -2.65. The van der Waals surface area contributed by atoms with Gasteiger partial charge in [-0.05, 0) is 66.3 Å². The molecule has 0 nitrogen and oxygen atoms in total. The molecule has 0 amide bonds. The van der Waals surface area contributed by atoms with E-state index in [9.17, 15) is 0 Å². The topological polar surface area (TPSA) is 0 Å². The van der Waals surface area contributed by atoms with Gasteiger partial charge in [-0.1, -0.05) is 50.6 Å². The van der Waals surface area contributed by atoms with E-state index in [1.165, 1.54) is 38.5 Å². The quantitative estimate of drug-likeness (QED) is 0.682. The van der Waals surface area contributed by atoms with Crippen LogP contribution in [0.2, 0.25) is 0 Å². The van der Waals surface area contributed by atoms with Crippen LogP contribution in [0, 0.1) is 23.2 Å². The summed E-state index contributed by atoms with van der Waals surface area (Å²) < 4.78 is 0. The Morgan fingerprint density at radius 3 is 2.58 bits per heavy atom. The summed E-state index contributed by atoms with van der Waals surface area (Å²) in [5.74, 6) is 2.97. The maximum Gasteiger partial charge on any atom is -0.000841 e. The summed E-state index contributed by atoms with van der Waals surface area (Å²) in [6, 6.07) is 11.5. The summed E-state index contributed by atoms with van der Waals surface area (Å²) >= 11 is 0. The lowest BCUT2D eigenvalue weighted by Crippen LogP contribution is -2.58. The van der Waals surface area contributed by atoms with Crippen molar-refractivity contribution in [2.45, 2.75) is 57.8 Å². The fourth-order valence-corrected chi connectivity index (χ4v) is 6.63. The van der Waals surface area contributed by atoms with Crippen molar-refractivity contribution < 1.29 is 0 Å². The van der Waals surface area contributed by atoms with E-state index in [0.717, 1.165) is 17.8 Å². The van der Waals surface area contributed by atoms with Crippen LogP contribution in [-0.2, 0) is 5.41 Å². The maximum absolute atomic E-state index is 2.58. The van der Waals surface area contributed by atoms with Crippen LogP contribution < -0.4 is 0 Å². The molecular formula is C19H26. The molecule has 102 valence electrons. The predicted molar refractivity (Wildman–Crippen MR) is 80.1 cm³/mol. The lowest BCUT2D eigenvalue weighted by atomic mass is 9.39. The molecule has 5 atom stereocenters. The Kier molecular flexibility index (Phi) is 2.44. The van der Waals surface area contributed by atoms with Crippen LogP contribution in [0.25, 0.3) is 0 Å². The van der Waals surface area contributed by atoms with Crippen LogP contribution in [0.5, 0.6) is 0 Å². The molecule has 0 saturated heterocycles. The van der Waals surface area contributed by atoms with Crippen molar-refractivity contribution in [3.63, 3.8) is 0 Å². The second-order valence-corrected chi connectivity index (χ2v) is 8.00. The molecule has 0 heteroatoms. The Labute approximate surface area is 117 Å². The molecule has 0 N–H and O–H groups in total. The van der Waals surface area contributed by atoms with Crippen molar-refractivity contribution >= 4 is 0 Å². The average Bonchev–Trinajstić information content (AvgIpc) is 2.38. The molecule has 1 aromatic rings. The molecule has 4 aliphatic rings. The van der Waals surface area contributed by atoms with Crippen molar-refractivity contribution in [2.24, 2.45) is 23.2 Å². The van der Waals surface area contributed by atoms with E-state index >= 15 is 0 Å². The monoisotopic (exact) mass is 254 g/mol. The van der Waals surface area contributed by atoms with E-state index in [1.54, 1.807) is 5.56 Å². The normalized spacial score (nSPS) is 47.6. The third kappa shape index (κ3) is 1.58. The fraction of sp³-hybridized carbons (Fsp3) is 0.684. The molecule has 0 aliphatic heterocycles. The van der Waals surface area contributed by atoms with Crippen molar-refractivity contribution in [2.75, 3.05) is 0 Å². The van der Waals surface area contributed by atoms with E-state index in [1.807, 2.05) is 0 Å². The Hall–Kier alpha value is -0.780. The minimum Gasteiger partial charge on any atom is -0.0651 e. The number of hydrogen-bond acceptors (Lipinski definition) is 0. The minimum absolute atomic E-state index is 0.523. The van der Waals surface area contributed by atoms with Crippen molar-refractivity contribution in [1.29, 1.82) is 0 Å². The summed E-state index contributed by atoms with van der Waals surface area (Å²) in [7, 11) is 0. The molecule has 0 spiro atoms. The van der Waals surface area contributed by atoms with Crippen LogP contribution in [-0.4, -0.2) is 0 Å². The van der Waals surface area contributed by atoms with Gasteiger partial charge in [-0.25, -0.2) is 0 Å². The highest BCUT2D eigenvalue weighted by Gasteiger charge is 2.60. The highest BCUT2D eigenvalue weighted by molar-refractivity contribution is 5.31. The third-order valence-electron chi connectivity index (χ3n) is 6.64. The molecule has 1 aromatic carbocycles. The zero-order chi connectivity index (χ0) is 13.1. The fourth-order valence-electron chi connectivity index (χ4n) is 6.63. The van der Waals surface area contributed by atoms with Crippen molar-refractivity contribution in [3.05, 3.63) is 35.9 Å². The van der Waals surface area contributed by atoms with E-state index in [-0.39, 0.29) is 0 Å². The number of benzene rings is 1. The van der Waals surface area contributed by atoms with Crippen LogP contribution in [0.4, 0.5) is 0 Å². The van der Waals surface area contributed by atoms with Gasteiger partial charge in [0.1, 0.15) is 0 Å². The molecule has 4 fully saturated rings. The van der Waals surface area contributed by atoms with Gasteiger partial charge in [0.2, 0.25) is 0 Å². The van der Waals surface area contributed by atoms with E-state index < -0.39 is 0 Å². The molecule has 19 heavy (non-hydrogen) atoms. The van der Waals surface area contributed by atoms with Gasteiger partial charge < -0.3 is 0 Å². The van der Waals surface area contributed by atoms with Crippen molar-refractivity contribution in [1.82, 2.24) is 0 Å². The van der Waals surface area contributed by atoms with Crippen LogP contribution >= 0.6 is 0 Å². The van der Waals surface area contributed by atoms with E-state index in [4.69, 9.17) is 0 Å². The third-order valence-corrected chi connectivity index (χ3v) is 6.64. The molecule has 0 aromatic heterocycles. The van der Waals surface area contributed by atoms with Gasteiger partial charge in [0.05, 0.1) is 0 Å². The number of rotatable bonds is 2. The van der Waals surface area contributed by atoms with Crippen LogP contribution in [0.15, 0.2) is 30.3 Å². The van der Waals surface area contributed by atoms with E-state index in [2.05, 4.69) is 44.2 Å². The molecule has 0 radical (unpaired) electrons. The first-order chi connectivity index (χ1) is 9.15. The van der Waals surface area contributed by atoms with Crippen LogP contribution in [0.3, 0.4) is 0 Å². The minimum atomic E-state index is 0.523. The summed E-state index contributed by atoms with van der Waals surface area (Å²) in [6.07, 6.45) is 8.85. The van der Waals surface area contributed by atoms with Gasteiger partial charge in [0.15, 0.2) is 0 Å². The molecule has 4 bridgehead atoms. The molecule has 5 rings (SSSR count). The Balaban J connectivity index is 1.84. The van der Waals surface area contributed by atoms with Gasteiger partial charge in [-0.2, -0.15) is 0 Å². The van der Waals surface area contributed by atoms with E-state index in [0.29, 0.717) is 10.8 Å². The Bertz CT molecular complexity index is 476. The lowest BCUT2D eigenvalue weighted by molar-refractivity contribution is -0.108. The van der Waals surface area contributed by atoms with Crippen molar-refractivity contribution in [3.8, 4) is 0 Å². The van der Waals surface area contributed by atoms with Gasteiger partial charge >= 0.3 is 0 Å². The zero-order valence-electron chi connectivity index (χ0n) is 12.4. The highest BCUT2D eigenvalue weighted by atomic mass is 14.6. The smallest absolute Gasteiger partial charge is 0.000841 e. The van der Waals surface area contributed by atoms with Gasteiger partial charge in [-0.15, -0.1) is 0 Å². The summed E-state index contributed by atoms with van der Waals surface area (Å²) in [6.45, 7) is 5.01. The Morgan fingerprint density at radius 1 is 1.11 bits per heavy atom. The SMILES string of the molecule is CCC1C2CC3CC(C)(C2)CC1(c1ccccc1)C3. The number of hydrogen-bond donors (Lipinski definition) is 0. The predicted octanol–water partition coefficient (Wildman–Crippen LogP) is 5.18. The first-order valence-corrected chi connectivity index (χ1v) is 8.21. The average molecular weight is 254 g/mol. The standard InChI is InChI=1S/C19H26/c1-3-17-15-9-14-10-18(2,12-15)13-19(17,11-14)16-7-5-4-6-8-16/h4-8,14-15,17H,3,9-13H2,1-2H3. The van der Waals surface area contributed by atoms with Gasteiger partial charge in [-0.3, -0.25) is 0 Å². The summed E-state index contributed by atoms with van der Waals surface area (Å²) in [5.41, 5.74) is 2.82. The molecule has 0 heterocycles. The maximum atomic E-state index is 2.58. The summed E-state index contributed by atoms with van der Waals surface area (Å²) in [5, 5.41) is 0. The van der Waals surface area contributed by atoms with Crippen LogP contribution in [0.1, 0.15) is 57.9 Å². The first kappa shape index (κ1) is 12.0. The molecule has 4 aliphatic carbocycles. The molecule has 5 unspecified atom stereocenters.